The third kappa shape index (κ3) is 6.48. The number of rotatable bonds is 9. The van der Waals surface area contributed by atoms with E-state index < -0.39 is 0 Å². The van der Waals surface area contributed by atoms with Crippen molar-refractivity contribution in [2.45, 2.75) is 39.0 Å². The maximum absolute atomic E-state index is 11.5. The normalized spacial score (nSPS) is 14.7. The summed E-state index contributed by atoms with van der Waals surface area (Å²) in [5.41, 5.74) is 2.13. The van der Waals surface area contributed by atoms with E-state index in [1.165, 1.54) is 45.7 Å². The quantitative estimate of drug-likeness (QED) is 0.479. The van der Waals surface area contributed by atoms with Gasteiger partial charge in [0, 0.05) is 18.5 Å². The molecule has 0 atom stereocenters. The van der Waals surface area contributed by atoms with Gasteiger partial charge in [-0.1, -0.05) is 37.1 Å². The molecule has 3 aromatic rings. The minimum absolute atomic E-state index is 0.0200. The van der Waals surface area contributed by atoms with E-state index in [2.05, 4.69) is 17.0 Å². The van der Waals surface area contributed by atoms with Crippen molar-refractivity contribution >= 4 is 16.6 Å². The summed E-state index contributed by atoms with van der Waals surface area (Å²) in [6.45, 7) is 5.60. The van der Waals surface area contributed by atoms with E-state index in [1.54, 1.807) is 12.1 Å². The molecule has 0 spiro atoms. The van der Waals surface area contributed by atoms with Gasteiger partial charge in [-0.15, -0.1) is 0 Å². The third-order valence-corrected chi connectivity index (χ3v) is 6.18. The van der Waals surface area contributed by atoms with Crippen molar-refractivity contribution in [3.8, 4) is 17.2 Å². The van der Waals surface area contributed by atoms with Gasteiger partial charge in [0.25, 0.3) is 0 Å². The Morgan fingerprint density at radius 1 is 0.939 bits per heavy atom. The van der Waals surface area contributed by atoms with Gasteiger partial charge in [-0.25, -0.2) is 0 Å². The van der Waals surface area contributed by atoms with E-state index in [9.17, 15) is 9.90 Å². The summed E-state index contributed by atoms with van der Waals surface area (Å²) in [6, 6.07) is 17.3. The van der Waals surface area contributed by atoms with Crippen LogP contribution in [0, 0.1) is 0 Å². The van der Waals surface area contributed by atoms with Crippen LogP contribution in [0.5, 0.6) is 17.2 Å². The van der Waals surface area contributed by atoms with Crippen molar-refractivity contribution in [3.05, 3.63) is 65.7 Å². The fraction of sp³-hybridized carbons (Fsp3) is 0.393. The molecule has 3 aromatic carbocycles. The van der Waals surface area contributed by atoms with Gasteiger partial charge in [0.2, 0.25) is 0 Å². The molecule has 1 aliphatic heterocycles. The zero-order chi connectivity index (χ0) is 23.0. The first-order valence-electron chi connectivity index (χ1n) is 11.9. The number of ketones is 1. The average Bonchev–Trinajstić information content (AvgIpc) is 3.08. The van der Waals surface area contributed by atoms with Gasteiger partial charge in [0.15, 0.2) is 5.78 Å². The van der Waals surface area contributed by atoms with Crippen molar-refractivity contribution in [1.82, 2.24) is 4.90 Å². The summed E-state index contributed by atoms with van der Waals surface area (Å²) in [4.78, 5) is 14.0. The second-order valence-electron chi connectivity index (χ2n) is 8.86. The molecule has 1 aliphatic rings. The number of Topliss-reactive ketones (excluding diaryl/α,β-unsaturated/α-hetero) is 1. The first-order valence-corrected chi connectivity index (χ1v) is 11.9. The lowest BCUT2D eigenvalue weighted by Gasteiger charge is -2.19. The van der Waals surface area contributed by atoms with Crippen LogP contribution in [-0.4, -0.2) is 48.6 Å². The number of phenols is 1. The summed E-state index contributed by atoms with van der Waals surface area (Å²) in [5, 5.41) is 11.8. The van der Waals surface area contributed by atoms with E-state index in [0.717, 1.165) is 34.2 Å². The van der Waals surface area contributed by atoms with Crippen molar-refractivity contribution < 1.29 is 19.4 Å². The molecule has 174 valence electrons. The Kier molecular flexibility index (Phi) is 7.84. The highest BCUT2D eigenvalue weighted by Crippen LogP contribution is 2.32. The average molecular weight is 448 g/mol. The van der Waals surface area contributed by atoms with E-state index >= 15 is 0 Å². The molecule has 1 N–H and O–H groups in total. The van der Waals surface area contributed by atoms with Gasteiger partial charge in [0.05, 0.1) is 0 Å². The minimum atomic E-state index is -0.0200. The fourth-order valence-corrected chi connectivity index (χ4v) is 4.42. The van der Waals surface area contributed by atoms with Crippen LogP contribution in [0.15, 0.2) is 54.6 Å². The maximum Gasteiger partial charge on any atom is 0.167 e. The zero-order valence-electron chi connectivity index (χ0n) is 19.4. The topological polar surface area (TPSA) is 59.0 Å². The molecule has 33 heavy (non-hydrogen) atoms. The van der Waals surface area contributed by atoms with Crippen LogP contribution in [0.1, 0.15) is 43.7 Å². The van der Waals surface area contributed by atoms with Crippen molar-refractivity contribution in [2.24, 2.45) is 0 Å². The van der Waals surface area contributed by atoms with Crippen molar-refractivity contribution in [2.75, 3.05) is 32.8 Å². The molecule has 4 rings (SSSR count). The number of fused-ring (bicyclic) bond motifs is 1. The van der Waals surface area contributed by atoms with Crippen LogP contribution in [-0.2, 0) is 11.2 Å². The first-order chi connectivity index (χ1) is 16.1. The van der Waals surface area contributed by atoms with Crippen LogP contribution in [0.2, 0.25) is 0 Å². The maximum atomic E-state index is 11.5. The van der Waals surface area contributed by atoms with Gasteiger partial charge < -0.3 is 14.6 Å². The molecule has 1 fully saturated rings. The number of hydrogen-bond donors (Lipinski definition) is 1. The van der Waals surface area contributed by atoms with Gasteiger partial charge in [-0.3, -0.25) is 9.69 Å². The van der Waals surface area contributed by atoms with Crippen molar-refractivity contribution in [3.63, 3.8) is 0 Å². The number of carbonyl (C=O) groups is 1. The van der Waals surface area contributed by atoms with Gasteiger partial charge in [-0.2, -0.15) is 0 Å². The largest absolute Gasteiger partial charge is 0.508 e. The lowest BCUT2D eigenvalue weighted by atomic mass is 9.97. The summed E-state index contributed by atoms with van der Waals surface area (Å²) >= 11 is 0. The number of phenolic OH excluding ortho intramolecular Hbond substituents is 1. The van der Waals surface area contributed by atoms with Gasteiger partial charge >= 0.3 is 0 Å². The van der Waals surface area contributed by atoms with Gasteiger partial charge in [-0.05, 0) is 79.5 Å². The van der Waals surface area contributed by atoms with Crippen molar-refractivity contribution in [1.29, 1.82) is 0 Å². The smallest absolute Gasteiger partial charge is 0.167 e. The molecule has 0 radical (unpaired) electrons. The number of nitrogens with zero attached hydrogens (tertiary/aromatic N) is 1. The summed E-state index contributed by atoms with van der Waals surface area (Å²) < 4.78 is 11.8. The SMILES string of the molecule is CC(=O)COc1ccc2cc(O)ccc2c1Cc1ccc(OCCN2CCCCCC2)cc1. The molecule has 1 heterocycles. The minimum Gasteiger partial charge on any atom is -0.508 e. The van der Waals surface area contributed by atoms with E-state index in [1.807, 2.05) is 30.3 Å². The molecule has 5 nitrogen and oxygen atoms in total. The van der Waals surface area contributed by atoms with E-state index in [4.69, 9.17) is 9.47 Å². The highest BCUT2D eigenvalue weighted by molar-refractivity contribution is 5.89. The standard InChI is InChI=1S/C28H33NO4/c1-21(30)20-33-28-13-8-23-19-24(31)9-12-26(23)27(28)18-22-6-10-25(11-7-22)32-17-16-29-14-4-2-3-5-15-29/h6-13,19,31H,2-5,14-18,20H2,1H3. The number of aromatic hydroxyl groups is 1. The van der Waals surface area contributed by atoms with E-state index in [-0.39, 0.29) is 18.1 Å². The molecule has 0 amide bonds. The number of likely N-dealkylation sites (tertiary alicyclic amines) is 1. The lowest BCUT2D eigenvalue weighted by molar-refractivity contribution is -0.118. The number of carbonyl (C=O) groups excluding carboxylic acids is 1. The van der Waals surface area contributed by atoms with Crippen LogP contribution in [0.3, 0.4) is 0 Å². The van der Waals surface area contributed by atoms with E-state index in [0.29, 0.717) is 18.8 Å². The number of ether oxygens (including phenoxy) is 2. The first kappa shape index (κ1) is 23.1. The molecular formula is C28H33NO4. The van der Waals surface area contributed by atoms with Crippen LogP contribution in [0.25, 0.3) is 10.8 Å². The highest BCUT2D eigenvalue weighted by atomic mass is 16.5. The Morgan fingerprint density at radius 3 is 2.42 bits per heavy atom. The predicted octanol–water partition coefficient (Wildman–Crippen LogP) is 5.36. The Morgan fingerprint density at radius 2 is 1.70 bits per heavy atom. The zero-order valence-corrected chi connectivity index (χ0v) is 19.4. The second-order valence-corrected chi connectivity index (χ2v) is 8.86. The van der Waals surface area contributed by atoms with Gasteiger partial charge in [0.1, 0.15) is 30.5 Å². The number of benzene rings is 3. The molecule has 0 unspecified atom stereocenters. The molecule has 0 aliphatic carbocycles. The Balaban J connectivity index is 1.44. The molecule has 1 saturated heterocycles. The predicted molar refractivity (Wildman–Crippen MR) is 131 cm³/mol. The highest BCUT2D eigenvalue weighted by Gasteiger charge is 2.12. The fourth-order valence-electron chi connectivity index (χ4n) is 4.42. The lowest BCUT2D eigenvalue weighted by Crippen LogP contribution is -2.29. The Bertz CT molecular complexity index is 1070. The Hall–Kier alpha value is -3.05. The summed E-state index contributed by atoms with van der Waals surface area (Å²) in [5.74, 6) is 1.78. The summed E-state index contributed by atoms with van der Waals surface area (Å²) in [7, 11) is 0. The van der Waals surface area contributed by atoms with Crippen LogP contribution in [0.4, 0.5) is 0 Å². The molecule has 0 bridgehead atoms. The molecule has 0 saturated carbocycles. The molecule has 0 aromatic heterocycles. The van der Waals surface area contributed by atoms with Crippen LogP contribution < -0.4 is 9.47 Å². The Labute approximate surface area is 195 Å². The third-order valence-electron chi connectivity index (χ3n) is 6.18. The molecular weight excluding hydrogens is 414 g/mol. The monoisotopic (exact) mass is 447 g/mol. The van der Waals surface area contributed by atoms with Crippen LogP contribution >= 0.6 is 0 Å². The summed E-state index contributed by atoms with van der Waals surface area (Å²) in [6.07, 6.45) is 5.93. The number of hydrogen-bond acceptors (Lipinski definition) is 5. The molecule has 5 heteroatoms. The second kappa shape index (κ2) is 11.2.